The second-order valence-corrected chi connectivity index (χ2v) is 12.5. The number of H-pyrrole nitrogens is 1. The number of carbonyl (C=O) groups excluding carboxylic acids is 2. The van der Waals surface area contributed by atoms with E-state index in [1.165, 1.54) is 0 Å². The molecule has 2 aromatic heterocycles. The van der Waals surface area contributed by atoms with E-state index in [2.05, 4.69) is 33.0 Å². The van der Waals surface area contributed by atoms with Crippen molar-refractivity contribution in [3.63, 3.8) is 0 Å². The summed E-state index contributed by atoms with van der Waals surface area (Å²) in [5.41, 5.74) is 5.27. The second kappa shape index (κ2) is 13.3. The van der Waals surface area contributed by atoms with Gasteiger partial charge in [0.05, 0.1) is 41.3 Å². The minimum absolute atomic E-state index is 0.000101. The Kier molecular flexibility index (Phi) is 9.83. The Bertz CT molecular complexity index is 1430. The fraction of sp³-hybridized carbons (Fsp3) is 0.321. The number of rotatable bonds is 12. The topological polar surface area (TPSA) is 95.0 Å². The first-order chi connectivity index (χ1) is 18.8. The number of anilines is 3. The van der Waals surface area contributed by atoms with Crippen molar-refractivity contribution in [2.45, 2.75) is 6.42 Å². The molecule has 0 atom stereocenters. The molecule has 0 fully saturated rings. The van der Waals surface area contributed by atoms with Gasteiger partial charge in [-0.05, 0) is 59.4 Å². The van der Waals surface area contributed by atoms with E-state index < -0.39 is 0 Å². The van der Waals surface area contributed by atoms with E-state index >= 15 is 0 Å². The van der Waals surface area contributed by atoms with Crippen LogP contribution in [0.25, 0.3) is 22.6 Å². The largest absolute Gasteiger partial charge is 0.369 e. The van der Waals surface area contributed by atoms with Crippen LogP contribution >= 0.6 is 23.2 Å². The fourth-order valence-electron chi connectivity index (χ4n) is 4.23. The molecule has 0 unspecified atom stereocenters. The Morgan fingerprint density at radius 1 is 1.00 bits per heavy atom. The van der Waals surface area contributed by atoms with Gasteiger partial charge in [-0.25, -0.2) is 4.98 Å². The fourth-order valence-corrected chi connectivity index (χ4v) is 5.23. The van der Waals surface area contributed by atoms with Crippen LogP contribution in [0, 0.1) is 0 Å². The molecule has 2 heterocycles. The van der Waals surface area contributed by atoms with Crippen LogP contribution in [0.15, 0.2) is 54.7 Å². The highest BCUT2D eigenvalue weighted by molar-refractivity contribution is 7.95. The van der Waals surface area contributed by atoms with Crippen molar-refractivity contribution in [2.24, 2.45) is 7.05 Å². The smallest absolute Gasteiger partial charge is 0.255 e. The molecule has 206 valence electrons. The summed E-state index contributed by atoms with van der Waals surface area (Å²) in [5, 5.41) is 5.89. The maximum absolute atomic E-state index is 13.0. The molecule has 0 saturated carbocycles. The number of hydrogen-bond acceptors (Lipinski definition) is 4. The minimum Gasteiger partial charge on any atom is -0.369 e. The van der Waals surface area contributed by atoms with Crippen molar-refractivity contribution in [1.82, 2.24) is 14.5 Å². The standard InChI is InChI=1S/C28H32Cl2N6O2S/c1-35-25-9-4-19(28(38)33-20-5-7-22(8-6-20)36(13-11-29)14-12-30)16-23(25)34-27(35)24-17-21(18-31-24)32-26(37)10-15-39(2)3/h4-9,16-18H,10-15H2,1-3H3,(H2-,31,32,33,34,37,38)/p+1. The van der Waals surface area contributed by atoms with Crippen LogP contribution in [0.5, 0.6) is 0 Å². The third-order valence-electron chi connectivity index (χ3n) is 6.29. The van der Waals surface area contributed by atoms with Crippen molar-refractivity contribution in [1.29, 1.82) is 0 Å². The maximum atomic E-state index is 13.0. The Balaban J connectivity index is 1.46. The third-order valence-corrected chi connectivity index (χ3v) is 7.65. The van der Waals surface area contributed by atoms with E-state index in [4.69, 9.17) is 28.2 Å². The van der Waals surface area contributed by atoms with Crippen LogP contribution in [0.2, 0.25) is 0 Å². The lowest BCUT2D eigenvalue weighted by Gasteiger charge is -2.23. The highest BCUT2D eigenvalue weighted by Crippen LogP contribution is 2.26. The van der Waals surface area contributed by atoms with E-state index in [1.807, 2.05) is 48.0 Å². The molecule has 0 aliphatic rings. The molecule has 0 aliphatic carbocycles. The number of benzene rings is 2. The predicted molar refractivity (Wildman–Crippen MR) is 166 cm³/mol. The monoisotopic (exact) mass is 587 g/mol. The first-order valence-electron chi connectivity index (χ1n) is 12.6. The quantitative estimate of drug-likeness (QED) is 0.154. The van der Waals surface area contributed by atoms with Crippen molar-refractivity contribution < 1.29 is 9.59 Å². The number of imidazole rings is 1. The highest BCUT2D eigenvalue weighted by atomic mass is 35.5. The highest BCUT2D eigenvalue weighted by Gasteiger charge is 2.16. The molecule has 8 nitrogen and oxygen atoms in total. The van der Waals surface area contributed by atoms with Crippen LogP contribution in [0.4, 0.5) is 17.1 Å². The van der Waals surface area contributed by atoms with Gasteiger partial charge >= 0.3 is 0 Å². The molecule has 11 heteroatoms. The normalized spacial score (nSPS) is 11.2. The summed E-state index contributed by atoms with van der Waals surface area (Å²) < 4.78 is 1.96. The Hall–Kier alpha value is -3.14. The summed E-state index contributed by atoms with van der Waals surface area (Å²) in [5.74, 6) is 2.38. The van der Waals surface area contributed by atoms with Crippen LogP contribution in [0.1, 0.15) is 16.8 Å². The number of aromatic nitrogens is 3. The van der Waals surface area contributed by atoms with Crippen molar-refractivity contribution >= 4 is 74.0 Å². The first kappa shape index (κ1) is 28.9. The van der Waals surface area contributed by atoms with Crippen molar-refractivity contribution in [3.05, 3.63) is 60.3 Å². The predicted octanol–water partition coefficient (Wildman–Crippen LogP) is 5.31. The Labute approximate surface area is 241 Å². The molecule has 0 spiro atoms. The van der Waals surface area contributed by atoms with Gasteiger partial charge < -0.3 is 25.1 Å². The zero-order valence-electron chi connectivity index (χ0n) is 22.3. The molecule has 2 aromatic carbocycles. The minimum atomic E-state index is -0.220. The number of hydrogen-bond donors (Lipinski definition) is 3. The number of fused-ring (bicyclic) bond motifs is 1. The second-order valence-electron chi connectivity index (χ2n) is 9.35. The number of aromatic amines is 1. The van der Waals surface area contributed by atoms with E-state index in [-0.39, 0.29) is 22.7 Å². The molecule has 2 amide bonds. The van der Waals surface area contributed by atoms with Gasteiger partial charge in [-0.2, -0.15) is 0 Å². The van der Waals surface area contributed by atoms with Gasteiger partial charge in [0, 0.05) is 55.0 Å². The lowest BCUT2D eigenvalue weighted by molar-refractivity contribution is -0.115. The summed E-state index contributed by atoms with van der Waals surface area (Å²) in [4.78, 5) is 35.3. The van der Waals surface area contributed by atoms with Crippen LogP contribution in [-0.2, 0) is 22.7 Å². The molecular formula is C28H33Cl2N6O2S+. The summed E-state index contributed by atoms with van der Waals surface area (Å²) in [6.07, 6.45) is 6.51. The molecule has 0 saturated heterocycles. The average molecular weight is 589 g/mol. The SMILES string of the molecule is Cn1c(-c2cc(NC(=O)CC[S+](C)C)c[nH]2)nc2cc(C(=O)Nc3ccc(N(CCCl)CCCl)cc3)ccc21. The van der Waals surface area contributed by atoms with Gasteiger partial charge in [-0.3, -0.25) is 9.59 Å². The molecule has 0 aliphatic heterocycles. The van der Waals surface area contributed by atoms with E-state index in [0.29, 0.717) is 59.5 Å². The molecule has 3 N–H and O–H groups in total. The Morgan fingerprint density at radius 2 is 1.72 bits per heavy atom. The van der Waals surface area contributed by atoms with E-state index in [1.54, 1.807) is 18.3 Å². The average Bonchev–Trinajstić information content (AvgIpc) is 3.51. The van der Waals surface area contributed by atoms with Crippen molar-refractivity contribution in [3.8, 4) is 11.5 Å². The maximum Gasteiger partial charge on any atom is 0.255 e. The van der Waals surface area contributed by atoms with E-state index in [0.717, 1.165) is 22.7 Å². The number of nitrogens with zero attached hydrogens (tertiary/aromatic N) is 3. The molecule has 4 aromatic rings. The van der Waals surface area contributed by atoms with Gasteiger partial charge in [0.1, 0.15) is 5.75 Å². The molecule has 0 bridgehead atoms. The molecule has 4 rings (SSSR count). The lowest BCUT2D eigenvalue weighted by atomic mass is 10.1. The van der Waals surface area contributed by atoms with Gasteiger partial charge in [-0.15, -0.1) is 23.2 Å². The first-order valence-corrected chi connectivity index (χ1v) is 15.8. The van der Waals surface area contributed by atoms with E-state index in [9.17, 15) is 9.59 Å². The molecule has 0 radical (unpaired) electrons. The molecule has 39 heavy (non-hydrogen) atoms. The molecular weight excluding hydrogens is 555 g/mol. The van der Waals surface area contributed by atoms with Crippen LogP contribution in [0.3, 0.4) is 0 Å². The summed E-state index contributed by atoms with van der Waals surface area (Å²) in [6.45, 7) is 1.39. The van der Waals surface area contributed by atoms with Crippen LogP contribution < -0.4 is 15.5 Å². The third kappa shape index (κ3) is 7.29. The van der Waals surface area contributed by atoms with Crippen molar-refractivity contribution in [2.75, 3.05) is 58.6 Å². The Morgan fingerprint density at radius 3 is 2.38 bits per heavy atom. The van der Waals surface area contributed by atoms with Gasteiger partial charge in [0.2, 0.25) is 5.91 Å². The number of carbonyl (C=O) groups is 2. The summed E-state index contributed by atoms with van der Waals surface area (Å²) >= 11 is 11.8. The number of nitrogens with one attached hydrogen (secondary N) is 3. The number of aryl methyl sites for hydroxylation is 1. The van der Waals surface area contributed by atoms with Gasteiger partial charge in [0.15, 0.2) is 5.82 Å². The summed E-state index contributed by atoms with van der Waals surface area (Å²) in [6, 6.07) is 14.9. The number of halogens is 2. The van der Waals surface area contributed by atoms with Crippen LogP contribution in [-0.4, -0.2) is 69.5 Å². The summed E-state index contributed by atoms with van der Waals surface area (Å²) in [7, 11) is 2.15. The zero-order chi connectivity index (χ0) is 27.9. The zero-order valence-corrected chi connectivity index (χ0v) is 24.6. The van der Waals surface area contributed by atoms with Gasteiger partial charge in [0.25, 0.3) is 5.91 Å². The number of alkyl halides is 2. The van der Waals surface area contributed by atoms with Gasteiger partial charge in [-0.1, -0.05) is 0 Å². The lowest BCUT2D eigenvalue weighted by Crippen LogP contribution is -2.27. The number of amides is 2.